The fraction of sp³-hybridized carbons (Fsp3) is 0.0952. The van der Waals surface area contributed by atoms with Crippen molar-refractivity contribution in [2.24, 2.45) is 0 Å². The number of ether oxygens (including phenoxy) is 1. The number of hydrogen-bond donors (Lipinski definition) is 1. The molecule has 0 spiro atoms. The molecule has 0 aliphatic heterocycles. The van der Waals surface area contributed by atoms with Gasteiger partial charge in [0.05, 0.1) is 10.7 Å². The third kappa shape index (κ3) is 4.34. The Labute approximate surface area is 177 Å². The molecule has 0 saturated heterocycles. The van der Waals surface area contributed by atoms with Crippen LogP contribution in [0.3, 0.4) is 0 Å². The molecule has 0 fully saturated rings. The molecule has 0 radical (unpaired) electrons. The molecule has 4 rings (SSSR count). The molecule has 0 unspecified atom stereocenters. The Morgan fingerprint density at radius 2 is 1.76 bits per heavy atom. The minimum atomic E-state index is -0.760. The van der Waals surface area contributed by atoms with Crippen LogP contribution < -0.4 is 10.1 Å². The van der Waals surface area contributed by atoms with Crippen LogP contribution >= 0.6 is 23.2 Å². The largest absolute Gasteiger partial charge is 0.479 e. The molecular formula is C21H16Cl2N4O2. The minimum Gasteiger partial charge on any atom is -0.479 e. The molecule has 146 valence electrons. The number of carbonyl (C=O) groups excluding carboxylic acids is 1. The highest BCUT2D eigenvalue weighted by molar-refractivity contribution is 6.35. The average Bonchev–Trinajstić information content (AvgIpc) is 3.14. The second-order valence-electron chi connectivity index (χ2n) is 6.35. The van der Waals surface area contributed by atoms with Crippen molar-refractivity contribution in [2.75, 3.05) is 5.32 Å². The van der Waals surface area contributed by atoms with Crippen molar-refractivity contribution < 1.29 is 9.53 Å². The van der Waals surface area contributed by atoms with E-state index in [1.54, 1.807) is 48.1 Å². The quantitative estimate of drug-likeness (QED) is 0.479. The van der Waals surface area contributed by atoms with Gasteiger partial charge in [0, 0.05) is 10.7 Å². The highest BCUT2D eigenvalue weighted by Crippen LogP contribution is 2.28. The standard InChI is InChI=1S/C21H16Cl2N4O2/c1-13(29-20-10-7-14(22)11-17(20)23)21(28)24-15-8-9-18-19(12-15)26-27(25-18)16-5-3-2-4-6-16/h2-13H,1H3,(H,24,28)/t13-/m0/s1. The summed E-state index contributed by atoms with van der Waals surface area (Å²) in [5.41, 5.74) is 2.85. The van der Waals surface area contributed by atoms with Crippen molar-refractivity contribution >= 4 is 45.8 Å². The summed E-state index contributed by atoms with van der Waals surface area (Å²) in [6, 6.07) is 19.8. The monoisotopic (exact) mass is 426 g/mol. The number of carbonyl (C=O) groups is 1. The number of nitrogens with one attached hydrogen (secondary N) is 1. The van der Waals surface area contributed by atoms with Crippen molar-refractivity contribution in [2.45, 2.75) is 13.0 Å². The first-order valence-corrected chi connectivity index (χ1v) is 9.60. The van der Waals surface area contributed by atoms with E-state index in [0.29, 0.717) is 27.0 Å². The third-order valence-corrected chi connectivity index (χ3v) is 4.73. The van der Waals surface area contributed by atoms with E-state index in [2.05, 4.69) is 15.5 Å². The van der Waals surface area contributed by atoms with Gasteiger partial charge in [-0.1, -0.05) is 41.4 Å². The summed E-state index contributed by atoms with van der Waals surface area (Å²) in [5.74, 6) is 0.0748. The van der Waals surface area contributed by atoms with E-state index in [-0.39, 0.29) is 5.91 Å². The molecule has 1 heterocycles. The second kappa shape index (κ2) is 8.11. The summed E-state index contributed by atoms with van der Waals surface area (Å²) >= 11 is 12.0. The van der Waals surface area contributed by atoms with Crippen molar-refractivity contribution in [3.05, 3.63) is 76.8 Å². The van der Waals surface area contributed by atoms with E-state index < -0.39 is 6.10 Å². The maximum Gasteiger partial charge on any atom is 0.265 e. The van der Waals surface area contributed by atoms with Crippen LogP contribution in [0.2, 0.25) is 10.0 Å². The lowest BCUT2D eigenvalue weighted by molar-refractivity contribution is -0.122. The van der Waals surface area contributed by atoms with Crippen LogP contribution in [0.5, 0.6) is 5.75 Å². The van der Waals surface area contributed by atoms with Crippen LogP contribution in [0.25, 0.3) is 16.7 Å². The first-order chi connectivity index (χ1) is 14.0. The highest BCUT2D eigenvalue weighted by Gasteiger charge is 2.17. The molecule has 0 bridgehead atoms. The summed E-state index contributed by atoms with van der Waals surface area (Å²) in [4.78, 5) is 14.1. The lowest BCUT2D eigenvalue weighted by Crippen LogP contribution is -2.30. The van der Waals surface area contributed by atoms with Crippen molar-refractivity contribution in [3.8, 4) is 11.4 Å². The molecule has 8 heteroatoms. The van der Waals surface area contributed by atoms with Gasteiger partial charge < -0.3 is 10.1 Å². The smallest absolute Gasteiger partial charge is 0.265 e. The topological polar surface area (TPSA) is 69.0 Å². The molecule has 1 amide bonds. The maximum atomic E-state index is 12.5. The third-order valence-electron chi connectivity index (χ3n) is 4.20. The van der Waals surface area contributed by atoms with Crippen LogP contribution in [0.15, 0.2) is 66.7 Å². The van der Waals surface area contributed by atoms with Gasteiger partial charge in [0.2, 0.25) is 0 Å². The molecule has 29 heavy (non-hydrogen) atoms. The van der Waals surface area contributed by atoms with E-state index in [9.17, 15) is 4.79 Å². The normalized spacial score (nSPS) is 12.0. The van der Waals surface area contributed by atoms with Crippen molar-refractivity contribution in [1.29, 1.82) is 0 Å². The number of benzene rings is 3. The average molecular weight is 427 g/mol. The molecular weight excluding hydrogens is 411 g/mol. The van der Waals surface area contributed by atoms with E-state index in [1.165, 1.54) is 0 Å². The zero-order valence-electron chi connectivity index (χ0n) is 15.3. The first kappa shape index (κ1) is 19.2. The molecule has 1 atom stereocenters. The van der Waals surface area contributed by atoms with E-state index in [4.69, 9.17) is 27.9 Å². The predicted molar refractivity (Wildman–Crippen MR) is 114 cm³/mol. The van der Waals surface area contributed by atoms with Crippen LogP contribution in [-0.2, 0) is 4.79 Å². The number of nitrogens with zero attached hydrogens (tertiary/aromatic N) is 3. The predicted octanol–water partition coefficient (Wildman–Crippen LogP) is 5.13. The van der Waals surface area contributed by atoms with Gasteiger partial charge in [-0.15, -0.1) is 10.2 Å². The van der Waals surface area contributed by atoms with Gasteiger partial charge in [0.15, 0.2) is 6.10 Å². The molecule has 0 saturated carbocycles. The molecule has 0 aliphatic carbocycles. The van der Waals surface area contributed by atoms with Gasteiger partial charge in [-0.05, 0) is 55.5 Å². The molecule has 1 aromatic heterocycles. The SMILES string of the molecule is C[C@H](Oc1ccc(Cl)cc1Cl)C(=O)Nc1ccc2nn(-c3ccccc3)nc2c1. The lowest BCUT2D eigenvalue weighted by Gasteiger charge is -2.15. The number of halogens is 2. The molecule has 3 aromatic carbocycles. The molecule has 1 N–H and O–H groups in total. The second-order valence-corrected chi connectivity index (χ2v) is 7.20. The molecule has 0 aliphatic rings. The van der Waals surface area contributed by atoms with Crippen LogP contribution in [0.4, 0.5) is 5.69 Å². The number of fused-ring (bicyclic) bond motifs is 1. The Morgan fingerprint density at radius 3 is 2.52 bits per heavy atom. The number of para-hydroxylation sites is 1. The highest BCUT2D eigenvalue weighted by atomic mass is 35.5. The number of rotatable bonds is 5. The Bertz CT molecular complexity index is 1180. The van der Waals surface area contributed by atoms with Gasteiger partial charge in [-0.25, -0.2) is 0 Å². The van der Waals surface area contributed by atoms with Crippen LogP contribution in [-0.4, -0.2) is 27.0 Å². The Balaban J connectivity index is 1.48. The zero-order valence-corrected chi connectivity index (χ0v) is 16.9. The van der Waals surface area contributed by atoms with Crippen molar-refractivity contribution in [3.63, 3.8) is 0 Å². The number of hydrogen-bond acceptors (Lipinski definition) is 4. The number of aromatic nitrogens is 3. The fourth-order valence-electron chi connectivity index (χ4n) is 2.73. The number of amides is 1. The maximum absolute atomic E-state index is 12.5. The van der Waals surface area contributed by atoms with Gasteiger partial charge in [-0.2, -0.15) is 4.80 Å². The molecule has 6 nitrogen and oxygen atoms in total. The lowest BCUT2D eigenvalue weighted by atomic mass is 10.2. The summed E-state index contributed by atoms with van der Waals surface area (Å²) < 4.78 is 5.65. The summed E-state index contributed by atoms with van der Waals surface area (Å²) in [7, 11) is 0. The number of anilines is 1. The van der Waals surface area contributed by atoms with Gasteiger partial charge in [0.25, 0.3) is 5.91 Å². The van der Waals surface area contributed by atoms with Gasteiger partial charge >= 0.3 is 0 Å². The van der Waals surface area contributed by atoms with E-state index in [0.717, 1.165) is 11.2 Å². The van der Waals surface area contributed by atoms with Crippen molar-refractivity contribution in [1.82, 2.24) is 15.0 Å². The van der Waals surface area contributed by atoms with Crippen LogP contribution in [0.1, 0.15) is 6.92 Å². The van der Waals surface area contributed by atoms with Crippen LogP contribution in [0, 0.1) is 0 Å². The summed E-state index contributed by atoms with van der Waals surface area (Å²) in [5, 5.41) is 12.6. The summed E-state index contributed by atoms with van der Waals surface area (Å²) in [6.45, 7) is 1.64. The Morgan fingerprint density at radius 1 is 1.00 bits per heavy atom. The Hall–Kier alpha value is -3.09. The fourth-order valence-corrected chi connectivity index (χ4v) is 3.18. The minimum absolute atomic E-state index is 0.314. The first-order valence-electron chi connectivity index (χ1n) is 8.85. The van der Waals surface area contributed by atoms with Gasteiger partial charge in [0.1, 0.15) is 16.8 Å². The Kier molecular flexibility index (Phi) is 5.38. The zero-order chi connectivity index (χ0) is 20.4. The summed E-state index contributed by atoms with van der Waals surface area (Å²) in [6.07, 6.45) is -0.760. The van der Waals surface area contributed by atoms with Gasteiger partial charge in [-0.3, -0.25) is 4.79 Å². The molecule has 4 aromatic rings. The van der Waals surface area contributed by atoms with E-state index >= 15 is 0 Å². The van der Waals surface area contributed by atoms with E-state index in [1.807, 2.05) is 30.3 Å².